The highest BCUT2D eigenvalue weighted by Gasteiger charge is 2.11. The standard InChI is InChI=1S/C9H9F3N/c10-9(11,12)13-7-6-8-4-2-1-3-5-8/h1-5H,6-7H2/q-1. The summed E-state index contributed by atoms with van der Waals surface area (Å²) in [5.74, 6) is 0. The van der Waals surface area contributed by atoms with Gasteiger partial charge in [-0.25, -0.2) is 0 Å². The van der Waals surface area contributed by atoms with E-state index in [0.29, 0.717) is 6.42 Å². The third-order valence-corrected chi connectivity index (χ3v) is 1.53. The summed E-state index contributed by atoms with van der Waals surface area (Å²) in [6.45, 7) is -0.201. The highest BCUT2D eigenvalue weighted by Crippen LogP contribution is 2.22. The molecule has 0 heterocycles. The van der Waals surface area contributed by atoms with E-state index >= 15 is 0 Å². The second-order valence-corrected chi connectivity index (χ2v) is 2.59. The van der Waals surface area contributed by atoms with Crippen LogP contribution in [0, 0.1) is 0 Å². The molecular weight excluding hydrogens is 179 g/mol. The number of nitrogens with zero attached hydrogens (tertiary/aromatic N) is 1. The quantitative estimate of drug-likeness (QED) is 0.647. The van der Waals surface area contributed by atoms with Crippen LogP contribution < -0.4 is 0 Å². The number of hydrogen-bond donors (Lipinski definition) is 0. The number of alkyl halides is 3. The Kier molecular flexibility index (Phi) is 3.31. The van der Waals surface area contributed by atoms with Crippen LogP contribution >= 0.6 is 0 Å². The molecule has 1 aromatic rings. The molecule has 0 bridgehead atoms. The molecule has 0 aliphatic carbocycles. The van der Waals surface area contributed by atoms with Crippen LogP contribution in [0.4, 0.5) is 13.2 Å². The van der Waals surface area contributed by atoms with Crippen molar-refractivity contribution < 1.29 is 13.2 Å². The second-order valence-electron chi connectivity index (χ2n) is 2.59. The fourth-order valence-corrected chi connectivity index (χ4v) is 0.956. The van der Waals surface area contributed by atoms with Gasteiger partial charge in [0, 0.05) is 0 Å². The van der Waals surface area contributed by atoms with Crippen LogP contribution in [0.15, 0.2) is 30.3 Å². The van der Waals surface area contributed by atoms with E-state index in [4.69, 9.17) is 0 Å². The van der Waals surface area contributed by atoms with Gasteiger partial charge in [-0.15, -0.1) is 6.54 Å². The summed E-state index contributed by atoms with van der Waals surface area (Å²) in [5.41, 5.74) is 0.871. The van der Waals surface area contributed by atoms with E-state index < -0.39 is 6.30 Å². The van der Waals surface area contributed by atoms with E-state index in [2.05, 4.69) is 5.32 Å². The molecule has 1 aromatic carbocycles. The molecule has 0 aliphatic rings. The fraction of sp³-hybridized carbons (Fsp3) is 0.333. The van der Waals surface area contributed by atoms with Crippen molar-refractivity contribution in [2.24, 2.45) is 0 Å². The third kappa shape index (κ3) is 4.52. The van der Waals surface area contributed by atoms with Crippen LogP contribution in [0.1, 0.15) is 5.56 Å². The van der Waals surface area contributed by atoms with E-state index in [9.17, 15) is 13.2 Å². The van der Waals surface area contributed by atoms with Crippen molar-refractivity contribution in [3.8, 4) is 0 Å². The van der Waals surface area contributed by atoms with Crippen LogP contribution in [0.25, 0.3) is 5.32 Å². The molecular formula is C9H9F3N-. The molecule has 72 valence electrons. The Morgan fingerprint density at radius 2 is 1.69 bits per heavy atom. The predicted octanol–water partition coefficient (Wildman–Crippen LogP) is 3.12. The smallest absolute Gasteiger partial charge is 0.312 e. The lowest BCUT2D eigenvalue weighted by atomic mass is 10.1. The zero-order valence-electron chi connectivity index (χ0n) is 6.88. The summed E-state index contributed by atoms with van der Waals surface area (Å²) in [5, 5.41) is 2.55. The molecule has 0 atom stereocenters. The van der Waals surface area contributed by atoms with Gasteiger partial charge in [0.2, 0.25) is 0 Å². The minimum atomic E-state index is -4.39. The molecule has 0 unspecified atom stereocenters. The Morgan fingerprint density at radius 1 is 1.08 bits per heavy atom. The monoisotopic (exact) mass is 188 g/mol. The lowest BCUT2D eigenvalue weighted by Crippen LogP contribution is -2.08. The first-order valence-electron chi connectivity index (χ1n) is 3.87. The van der Waals surface area contributed by atoms with E-state index in [1.807, 2.05) is 6.07 Å². The topological polar surface area (TPSA) is 14.1 Å². The highest BCUT2D eigenvalue weighted by atomic mass is 19.4. The first-order chi connectivity index (χ1) is 6.08. The third-order valence-electron chi connectivity index (χ3n) is 1.53. The summed E-state index contributed by atoms with van der Waals surface area (Å²) < 4.78 is 34.8. The normalized spacial score (nSPS) is 11.6. The van der Waals surface area contributed by atoms with Crippen molar-refractivity contribution in [3.05, 3.63) is 41.2 Å². The van der Waals surface area contributed by atoms with E-state index in [-0.39, 0.29) is 6.54 Å². The molecule has 0 saturated heterocycles. The predicted molar refractivity (Wildman–Crippen MR) is 44.4 cm³/mol. The number of hydrogen-bond acceptors (Lipinski definition) is 0. The molecule has 1 nitrogen and oxygen atoms in total. The Balaban J connectivity index is 2.29. The van der Waals surface area contributed by atoms with E-state index in [0.717, 1.165) is 5.56 Å². The van der Waals surface area contributed by atoms with Gasteiger partial charge in [0.15, 0.2) is 0 Å². The fourth-order valence-electron chi connectivity index (χ4n) is 0.956. The van der Waals surface area contributed by atoms with Gasteiger partial charge in [-0.3, -0.25) is 0 Å². The summed E-state index contributed by atoms with van der Waals surface area (Å²) in [6, 6.07) is 8.98. The maximum absolute atomic E-state index is 11.6. The Labute approximate surface area is 74.6 Å². The van der Waals surface area contributed by atoms with Gasteiger partial charge in [-0.05, 0) is 12.0 Å². The zero-order valence-corrected chi connectivity index (χ0v) is 6.88. The molecule has 0 N–H and O–H groups in total. The first kappa shape index (κ1) is 10.1. The van der Waals surface area contributed by atoms with Gasteiger partial charge in [-0.1, -0.05) is 30.3 Å². The molecule has 1 rings (SSSR count). The van der Waals surface area contributed by atoms with Gasteiger partial charge < -0.3 is 5.32 Å². The SMILES string of the molecule is FC(F)(F)[N-]CCc1ccccc1. The molecule has 4 heteroatoms. The molecule has 0 aromatic heterocycles. The van der Waals surface area contributed by atoms with Gasteiger partial charge >= 0.3 is 6.30 Å². The summed E-state index contributed by atoms with van der Waals surface area (Å²) >= 11 is 0. The molecule has 0 spiro atoms. The molecule has 0 amide bonds. The minimum absolute atomic E-state index is 0.201. The van der Waals surface area contributed by atoms with Gasteiger partial charge in [0.05, 0.1) is 0 Å². The molecule has 0 fully saturated rings. The highest BCUT2D eigenvalue weighted by molar-refractivity contribution is 5.15. The molecule has 13 heavy (non-hydrogen) atoms. The van der Waals surface area contributed by atoms with Crippen LogP contribution in [-0.4, -0.2) is 12.8 Å². The number of benzene rings is 1. The van der Waals surface area contributed by atoms with Crippen LogP contribution in [-0.2, 0) is 6.42 Å². The Bertz CT molecular complexity index is 243. The maximum Gasteiger partial charge on any atom is 0.312 e. The summed E-state index contributed by atoms with van der Waals surface area (Å²) in [6.07, 6.45) is -4.06. The van der Waals surface area contributed by atoms with Crippen LogP contribution in [0.3, 0.4) is 0 Å². The van der Waals surface area contributed by atoms with E-state index in [1.165, 1.54) is 0 Å². The molecule has 0 aliphatic heterocycles. The van der Waals surface area contributed by atoms with Crippen LogP contribution in [0.2, 0.25) is 0 Å². The lowest BCUT2D eigenvalue weighted by molar-refractivity contribution is -0.0923. The summed E-state index contributed by atoms with van der Waals surface area (Å²) in [7, 11) is 0. The van der Waals surface area contributed by atoms with Crippen molar-refractivity contribution in [3.63, 3.8) is 0 Å². The largest absolute Gasteiger partial charge is 0.570 e. The van der Waals surface area contributed by atoms with Crippen molar-refractivity contribution in [2.45, 2.75) is 12.7 Å². The van der Waals surface area contributed by atoms with Crippen molar-refractivity contribution in [2.75, 3.05) is 6.54 Å². The van der Waals surface area contributed by atoms with Crippen molar-refractivity contribution in [1.82, 2.24) is 0 Å². The van der Waals surface area contributed by atoms with E-state index in [1.54, 1.807) is 24.3 Å². The number of halogens is 3. The van der Waals surface area contributed by atoms with Gasteiger partial charge in [0.1, 0.15) is 0 Å². The van der Waals surface area contributed by atoms with Gasteiger partial charge in [0.25, 0.3) is 0 Å². The average molecular weight is 188 g/mol. The first-order valence-corrected chi connectivity index (χ1v) is 3.87. The average Bonchev–Trinajstić information content (AvgIpc) is 2.04. The lowest BCUT2D eigenvalue weighted by Gasteiger charge is -2.22. The van der Waals surface area contributed by atoms with Gasteiger partial charge in [-0.2, -0.15) is 13.2 Å². The molecule has 0 saturated carbocycles. The van der Waals surface area contributed by atoms with Crippen LogP contribution in [0.5, 0.6) is 0 Å². The van der Waals surface area contributed by atoms with Crippen molar-refractivity contribution in [1.29, 1.82) is 0 Å². The van der Waals surface area contributed by atoms with Crippen molar-refractivity contribution >= 4 is 0 Å². The minimum Gasteiger partial charge on any atom is -0.570 e. The Hall–Kier alpha value is -1.03. The Morgan fingerprint density at radius 3 is 2.23 bits per heavy atom. The number of rotatable bonds is 3. The zero-order chi connectivity index (χ0) is 9.73. The second kappa shape index (κ2) is 4.28. The molecule has 0 radical (unpaired) electrons. The summed E-state index contributed by atoms with van der Waals surface area (Å²) in [4.78, 5) is 0. The maximum atomic E-state index is 11.6.